The van der Waals surface area contributed by atoms with E-state index in [2.05, 4.69) is 4.98 Å². The Kier molecular flexibility index (Phi) is 6.13. The van der Waals surface area contributed by atoms with Gasteiger partial charge in [0.05, 0.1) is 20.6 Å². The molecule has 0 bridgehead atoms. The molecular weight excluding hydrogens is 497 g/mol. The topological polar surface area (TPSA) is 70.6 Å². The number of benzene rings is 2. The third-order valence-corrected chi connectivity index (χ3v) is 10.9. The van der Waals surface area contributed by atoms with Crippen molar-refractivity contribution in [2.45, 2.75) is 69.0 Å². The highest BCUT2D eigenvalue weighted by molar-refractivity contribution is 7.89. The summed E-state index contributed by atoms with van der Waals surface area (Å²) in [6.45, 7) is 2.31. The van der Waals surface area contributed by atoms with Crippen molar-refractivity contribution in [3.8, 4) is 0 Å². The zero-order valence-electron chi connectivity index (χ0n) is 20.3. The van der Waals surface area contributed by atoms with Gasteiger partial charge in [-0.05, 0) is 92.7 Å². The van der Waals surface area contributed by atoms with E-state index in [4.69, 9.17) is 0 Å². The molecule has 36 heavy (non-hydrogen) atoms. The number of amides is 1. The van der Waals surface area contributed by atoms with Crippen LogP contribution in [0.5, 0.6) is 0 Å². The van der Waals surface area contributed by atoms with Crippen molar-refractivity contribution < 1.29 is 17.6 Å². The fraction of sp³-hybridized carbons (Fsp3) is 0.481. The van der Waals surface area contributed by atoms with E-state index < -0.39 is 21.9 Å². The van der Waals surface area contributed by atoms with Crippen molar-refractivity contribution in [3.63, 3.8) is 0 Å². The first-order valence-corrected chi connectivity index (χ1v) is 15.0. The van der Waals surface area contributed by atoms with E-state index in [0.717, 1.165) is 47.0 Å². The van der Waals surface area contributed by atoms with Crippen molar-refractivity contribution in [1.82, 2.24) is 14.2 Å². The van der Waals surface area contributed by atoms with E-state index in [9.17, 15) is 17.6 Å². The SMILES string of the molecule is Cc1ccc(S(=O)(=O)N2CCC[C@H]2C(=O)N(Cc2ccc3scnc3c2)[C@H]2CC[C@H]3C[C@H]3C2)cc1F. The van der Waals surface area contributed by atoms with Gasteiger partial charge in [0.15, 0.2) is 0 Å². The van der Waals surface area contributed by atoms with Crippen LogP contribution in [0.25, 0.3) is 10.2 Å². The molecule has 1 saturated heterocycles. The molecule has 1 aromatic heterocycles. The Hall–Kier alpha value is -2.36. The Morgan fingerprint density at radius 2 is 2.00 bits per heavy atom. The van der Waals surface area contributed by atoms with Crippen molar-refractivity contribution in [2.75, 3.05) is 6.54 Å². The molecule has 2 aliphatic carbocycles. The number of rotatable bonds is 6. The highest BCUT2D eigenvalue weighted by Crippen LogP contribution is 2.50. The van der Waals surface area contributed by atoms with E-state index in [1.165, 1.54) is 22.9 Å². The van der Waals surface area contributed by atoms with Crippen molar-refractivity contribution in [1.29, 1.82) is 0 Å². The summed E-state index contributed by atoms with van der Waals surface area (Å²) in [5.74, 6) is 0.785. The number of sulfonamides is 1. The largest absolute Gasteiger partial charge is 0.334 e. The average molecular weight is 528 g/mol. The molecule has 0 unspecified atom stereocenters. The first-order chi connectivity index (χ1) is 17.3. The van der Waals surface area contributed by atoms with E-state index in [0.29, 0.717) is 30.9 Å². The Bertz CT molecular complexity index is 1420. The van der Waals surface area contributed by atoms with Gasteiger partial charge in [0.25, 0.3) is 0 Å². The van der Waals surface area contributed by atoms with Gasteiger partial charge < -0.3 is 4.90 Å². The van der Waals surface area contributed by atoms with Crippen molar-refractivity contribution in [3.05, 3.63) is 58.9 Å². The molecule has 3 aliphatic rings. The molecule has 2 saturated carbocycles. The van der Waals surface area contributed by atoms with Crippen LogP contribution in [-0.4, -0.2) is 47.1 Å². The van der Waals surface area contributed by atoms with Crippen LogP contribution >= 0.6 is 11.3 Å². The highest BCUT2D eigenvalue weighted by Gasteiger charge is 2.47. The minimum Gasteiger partial charge on any atom is -0.334 e. The number of hydrogen-bond acceptors (Lipinski definition) is 5. The van der Waals surface area contributed by atoms with Gasteiger partial charge in [-0.3, -0.25) is 4.79 Å². The summed E-state index contributed by atoms with van der Waals surface area (Å²) in [6, 6.07) is 9.44. The molecular formula is C27H30FN3O3S2. The first-order valence-electron chi connectivity index (χ1n) is 12.7. The van der Waals surface area contributed by atoms with Gasteiger partial charge in [0.2, 0.25) is 15.9 Å². The minimum absolute atomic E-state index is 0.0932. The summed E-state index contributed by atoms with van der Waals surface area (Å²) in [7, 11) is -4.00. The smallest absolute Gasteiger partial charge is 0.243 e. The summed E-state index contributed by atoms with van der Waals surface area (Å²) >= 11 is 1.59. The number of halogens is 1. The lowest BCUT2D eigenvalue weighted by Gasteiger charge is -2.37. The molecule has 190 valence electrons. The fourth-order valence-electron chi connectivity index (χ4n) is 6.03. The number of aromatic nitrogens is 1. The average Bonchev–Trinajstić information content (AvgIpc) is 3.24. The molecule has 2 heterocycles. The van der Waals surface area contributed by atoms with E-state index >= 15 is 0 Å². The normalized spacial score (nSPS) is 26.2. The van der Waals surface area contributed by atoms with E-state index in [1.807, 2.05) is 28.6 Å². The van der Waals surface area contributed by atoms with Crippen LogP contribution in [0.15, 0.2) is 46.8 Å². The molecule has 6 nitrogen and oxygen atoms in total. The molecule has 9 heteroatoms. The maximum Gasteiger partial charge on any atom is 0.243 e. The second kappa shape index (κ2) is 9.19. The Balaban J connectivity index is 1.30. The minimum atomic E-state index is -4.00. The maximum atomic E-state index is 14.2. The molecule has 0 spiro atoms. The van der Waals surface area contributed by atoms with Gasteiger partial charge in [0.1, 0.15) is 11.9 Å². The summed E-state index contributed by atoms with van der Waals surface area (Å²) in [5, 5.41) is 0. The number of carbonyl (C=O) groups excluding carboxylic acids is 1. The van der Waals surface area contributed by atoms with Crippen LogP contribution in [0.4, 0.5) is 4.39 Å². The lowest BCUT2D eigenvalue weighted by molar-refractivity contribution is -0.138. The quantitative estimate of drug-likeness (QED) is 0.447. The maximum absolute atomic E-state index is 14.2. The van der Waals surface area contributed by atoms with Crippen molar-refractivity contribution >= 4 is 37.5 Å². The summed E-state index contributed by atoms with van der Waals surface area (Å²) in [5.41, 5.74) is 4.14. The molecule has 0 radical (unpaired) electrons. The fourth-order valence-corrected chi connectivity index (χ4v) is 8.35. The van der Waals surface area contributed by atoms with Gasteiger partial charge in [-0.15, -0.1) is 11.3 Å². The van der Waals surface area contributed by atoms with Gasteiger partial charge in [-0.25, -0.2) is 17.8 Å². The number of aryl methyl sites for hydroxylation is 1. The third kappa shape index (κ3) is 4.35. The van der Waals surface area contributed by atoms with Crippen LogP contribution in [-0.2, 0) is 21.4 Å². The van der Waals surface area contributed by atoms with Gasteiger partial charge in [-0.2, -0.15) is 4.31 Å². The van der Waals surface area contributed by atoms with Crippen LogP contribution < -0.4 is 0 Å². The van der Waals surface area contributed by atoms with Crippen molar-refractivity contribution in [2.24, 2.45) is 11.8 Å². The molecule has 2 aromatic carbocycles. The number of thiazole rings is 1. The van der Waals surface area contributed by atoms with Crippen LogP contribution in [0.3, 0.4) is 0 Å². The number of carbonyl (C=O) groups is 1. The van der Waals surface area contributed by atoms with Gasteiger partial charge in [-0.1, -0.05) is 12.1 Å². The lowest BCUT2D eigenvalue weighted by atomic mass is 9.93. The summed E-state index contributed by atoms with van der Waals surface area (Å²) < 4.78 is 43.7. The zero-order valence-corrected chi connectivity index (χ0v) is 21.9. The Morgan fingerprint density at radius 1 is 1.14 bits per heavy atom. The van der Waals surface area contributed by atoms with Gasteiger partial charge >= 0.3 is 0 Å². The first kappa shape index (κ1) is 24.0. The molecule has 0 N–H and O–H groups in total. The van der Waals surface area contributed by atoms with Crippen LogP contribution in [0.1, 0.15) is 49.7 Å². The molecule has 3 fully saturated rings. The molecule has 6 rings (SSSR count). The molecule has 3 aromatic rings. The second-order valence-electron chi connectivity index (χ2n) is 10.5. The highest BCUT2D eigenvalue weighted by atomic mass is 32.2. The Morgan fingerprint density at radius 3 is 2.81 bits per heavy atom. The number of nitrogens with zero attached hydrogens (tertiary/aromatic N) is 3. The third-order valence-electron chi connectivity index (χ3n) is 8.22. The van der Waals surface area contributed by atoms with E-state index in [-0.39, 0.29) is 23.4 Å². The lowest BCUT2D eigenvalue weighted by Crippen LogP contribution is -2.51. The molecule has 1 amide bonds. The van der Waals surface area contributed by atoms with Crippen LogP contribution in [0, 0.1) is 24.6 Å². The second-order valence-corrected chi connectivity index (χ2v) is 13.3. The zero-order chi connectivity index (χ0) is 25.0. The van der Waals surface area contributed by atoms with E-state index in [1.54, 1.807) is 18.3 Å². The standard InChI is InChI=1S/C27H30FN3O3S2/c1-17-4-8-22(14-23(17)28)36(33,34)31-10-2-3-25(31)27(32)30(21-7-6-19-12-20(19)13-21)15-18-5-9-26-24(11-18)29-16-35-26/h4-5,8-9,11,14,16,19-21,25H,2-3,6-7,10,12-13,15H2,1H3/t19-,20-,21-,25-/m0/s1. The van der Waals surface area contributed by atoms with Crippen LogP contribution in [0.2, 0.25) is 0 Å². The number of hydrogen-bond donors (Lipinski definition) is 0. The predicted octanol–water partition coefficient (Wildman–Crippen LogP) is 5.11. The molecule has 4 atom stereocenters. The molecule has 1 aliphatic heterocycles. The van der Waals surface area contributed by atoms with Gasteiger partial charge in [0, 0.05) is 19.1 Å². The number of fused-ring (bicyclic) bond motifs is 2. The predicted molar refractivity (Wildman–Crippen MR) is 137 cm³/mol. The Labute approximate surface area is 215 Å². The monoisotopic (exact) mass is 527 g/mol. The summed E-state index contributed by atoms with van der Waals surface area (Å²) in [4.78, 5) is 20.4. The summed E-state index contributed by atoms with van der Waals surface area (Å²) in [6.07, 6.45) is 5.39.